The predicted molar refractivity (Wildman–Crippen MR) is 113 cm³/mol. The monoisotopic (exact) mass is 478 g/mol. The third-order valence-electron chi connectivity index (χ3n) is 3.39. The van der Waals surface area contributed by atoms with Gasteiger partial charge in [-0.15, -0.1) is 24.0 Å². The fourth-order valence-electron chi connectivity index (χ4n) is 2.20. The van der Waals surface area contributed by atoms with Gasteiger partial charge < -0.3 is 10.6 Å². The van der Waals surface area contributed by atoms with E-state index in [4.69, 9.17) is 23.2 Å². The Kier molecular flexibility index (Phi) is 8.80. The van der Waals surface area contributed by atoms with Crippen LogP contribution < -0.4 is 10.6 Å². The average molecular weight is 479 g/mol. The highest BCUT2D eigenvalue weighted by Crippen LogP contribution is 2.25. The summed E-state index contributed by atoms with van der Waals surface area (Å²) in [6, 6.07) is 11.4. The van der Waals surface area contributed by atoms with Gasteiger partial charge in [0.2, 0.25) is 0 Å². The van der Waals surface area contributed by atoms with Crippen LogP contribution in [0.1, 0.15) is 29.9 Å². The van der Waals surface area contributed by atoms with Crippen molar-refractivity contribution >= 4 is 53.1 Å². The van der Waals surface area contributed by atoms with Crippen LogP contribution in [0.4, 0.5) is 0 Å². The Bertz CT molecular complexity index is 707. The van der Waals surface area contributed by atoms with Gasteiger partial charge in [0.1, 0.15) is 0 Å². The molecule has 4 nitrogen and oxygen atoms in total. The van der Waals surface area contributed by atoms with Crippen LogP contribution >= 0.6 is 47.2 Å². The zero-order chi connectivity index (χ0) is 16.8. The molecular weight excluding hydrogens is 458 g/mol. The molecule has 0 amide bonds. The van der Waals surface area contributed by atoms with Crippen molar-refractivity contribution in [1.82, 2.24) is 15.6 Å². The number of aliphatic imine (C=N–C) groups is 1. The molecule has 0 fully saturated rings. The molecule has 0 radical (unpaired) electrons. The summed E-state index contributed by atoms with van der Waals surface area (Å²) in [5.41, 5.74) is 2.92. The van der Waals surface area contributed by atoms with E-state index in [1.165, 1.54) is 0 Å². The number of halogens is 3. The molecule has 1 aromatic carbocycles. The van der Waals surface area contributed by atoms with Crippen LogP contribution in [0.25, 0.3) is 0 Å². The van der Waals surface area contributed by atoms with Crippen LogP contribution in [0.3, 0.4) is 0 Å². The zero-order valence-corrected chi connectivity index (χ0v) is 17.6. The summed E-state index contributed by atoms with van der Waals surface area (Å²) >= 11 is 12.2. The molecule has 0 aliphatic carbocycles. The van der Waals surface area contributed by atoms with Crippen molar-refractivity contribution in [2.45, 2.75) is 26.4 Å². The van der Waals surface area contributed by atoms with Crippen molar-refractivity contribution in [2.75, 3.05) is 7.05 Å². The smallest absolute Gasteiger partial charge is 0.191 e. The second-order valence-corrected chi connectivity index (χ2v) is 6.07. The van der Waals surface area contributed by atoms with Crippen LogP contribution in [0.15, 0.2) is 41.4 Å². The van der Waals surface area contributed by atoms with Crippen molar-refractivity contribution in [2.24, 2.45) is 4.99 Å². The van der Waals surface area contributed by atoms with E-state index in [0.29, 0.717) is 22.5 Å². The van der Waals surface area contributed by atoms with Crippen LogP contribution in [-0.2, 0) is 6.54 Å². The lowest BCUT2D eigenvalue weighted by Crippen LogP contribution is -2.38. The number of guanidine groups is 1. The SMILES string of the molecule is CN=C(NCc1cccc(C)n1)NC(C)c1ccc(Cl)cc1Cl.I. The van der Waals surface area contributed by atoms with Crippen molar-refractivity contribution in [3.8, 4) is 0 Å². The lowest BCUT2D eigenvalue weighted by molar-refractivity contribution is 0.682. The summed E-state index contributed by atoms with van der Waals surface area (Å²) in [6.45, 7) is 4.59. The van der Waals surface area contributed by atoms with Crippen molar-refractivity contribution in [1.29, 1.82) is 0 Å². The van der Waals surface area contributed by atoms with E-state index in [0.717, 1.165) is 17.0 Å². The largest absolute Gasteiger partial charge is 0.351 e. The normalized spacial score (nSPS) is 12.3. The molecule has 1 unspecified atom stereocenters. The Labute approximate surface area is 170 Å². The van der Waals surface area contributed by atoms with Crippen molar-refractivity contribution in [3.63, 3.8) is 0 Å². The number of hydrogen-bond donors (Lipinski definition) is 2. The molecule has 2 rings (SSSR count). The highest BCUT2D eigenvalue weighted by molar-refractivity contribution is 14.0. The summed E-state index contributed by atoms with van der Waals surface area (Å²) in [6.07, 6.45) is 0. The van der Waals surface area contributed by atoms with E-state index in [1.807, 2.05) is 44.2 Å². The molecule has 1 aromatic heterocycles. The minimum Gasteiger partial charge on any atom is -0.351 e. The van der Waals surface area contributed by atoms with Crippen molar-refractivity contribution in [3.05, 3.63) is 63.4 Å². The third-order valence-corrected chi connectivity index (χ3v) is 3.95. The van der Waals surface area contributed by atoms with Gasteiger partial charge in [0, 0.05) is 22.8 Å². The van der Waals surface area contributed by atoms with Crippen LogP contribution in [-0.4, -0.2) is 18.0 Å². The molecular formula is C17H21Cl2IN4. The van der Waals surface area contributed by atoms with E-state index in [9.17, 15) is 0 Å². The molecule has 0 spiro atoms. The van der Waals surface area contributed by atoms with Gasteiger partial charge in [-0.1, -0.05) is 35.3 Å². The Morgan fingerprint density at radius 3 is 2.62 bits per heavy atom. The van der Waals surface area contributed by atoms with Gasteiger partial charge in [0.05, 0.1) is 18.3 Å². The second kappa shape index (κ2) is 10.1. The van der Waals surface area contributed by atoms with Gasteiger partial charge in [-0.3, -0.25) is 9.98 Å². The summed E-state index contributed by atoms with van der Waals surface area (Å²) in [7, 11) is 1.73. The number of pyridine rings is 1. The lowest BCUT2D eigenvalue weighted by Gasteiger charge is -2.19. The summed E-state index contributed by atoms with van der Waals surface area (Å²) in [5.74, 6) is 0.687. The van der Waals surface area contributed by atoms with E-state index in [1.54, 1.807) is 13.1 Å². The Morgan fingerprint density at radius 2 is 2.00 bits per heavy atom. The summed E-state index contributed by atoms with van der Waals surface area (Å²) < 4.78 is 0. The first kappa shape index (κ1) is 21.0. The number of nitrogens with zero attached hydrogens (tertiary/aromatic N) is 2. The molecule has 0 saturated heterocycles. The van der Waals surface area contributed by atoms with Crippen molar-refractivity contribution < 1.29 is 0 Å². The molecule has 2 aromatic rings. The fraction of sp³-hybridized carbons (Fsp3) is 0.294. The van der Waals surface area contributed by atoms with E-state index >= 15 is 0 Å². The molecule has 7 heteroatoms. The first-order chi connectivity index (χ1) is 11.0. The van der Waals surface area contributed by atoms with Gasteiger partial charge in [-0.25, -0.2) is 0 Å². The van der Waals surface area contributed by atoms with Gasteiger partial charge >= 0.3 is 0 Å². The maximum Gasteiger partial charge on any atom is 0.191 e. The van der Waals surface area contributed by atoms with E-state index in [-0.39, 0.29) is 30.0 Å². The third kappa shape index (κ3) is 6.11. The Morgan fingerprint density at radius 1 is 1.25 bits per heavy atom. The molecule has 0 bridgehead atoms. The van der Waals surface area contributed by atoms with E-state index in [2.05, 4.69) is 20.6 Å². The highest BCUT2D eigenvalue weighted by Gasteiger charge is 2.11. The van der Waals surface area contributed by atoms with Gasteiger partial charge in [0.15, 0.2) is 5.96 Å². The molecule has 0 aliphatic heterocycles. The average Bonchev–Trinajstić information content (AvgIpc) is 2.51. The number of benzene rings is 1. The maximum atomic E-state index is 6.25. The molecule has 0 saturated carbocycles. The van der Waals surface area contributed by atoms with Crippen LogP contribution in [0, 0.1) is 6.92 Å². The molecule has 24 heavy (non-hydrogen) atoms. The molecule has 0 aliphatic rings. The first-order valence-electron chi connectivity index (χ1n) is 7.34. The van der Waals surface area contributed by atoms with Crippen LogP contribution in [0.5, 0.6) is 0 Å². The quantitative estimate of drug-likeness (QED) is 0.379. The molecule has 2 N–H and O–H groups in total. The topological polar surface area (TPSA) is 49.3 Å². The van der Waals surface area contributed by atoms with E-state index < -0.39 is 0 Å². The zero-order valence-electron chi connectivity index (χ0n) is 13.8. The number of hydrogen-bond acceptors (Lipinski definition) is 2. The lowest BCUT2D eigenvalue weighted by atomic mass is 10.1. The second-order valence-electron chi connectivity index (χ2n) is 5.23. The number of nitrogens with one attached hydrogen (secondary N) is 2. The highest BCUT2D eigenvalue weighted by atomic mass is 127. The molecule has 1 atom stereocenters. The van der Waals surface area contributed by atoms with Gasteiger partial charge in [-0.2, -0.15) is 0 Å². The summed E-state index contributed by atoms with van der Waals surface area (Å²) in [5, 5.41) is 7.82. The molecule has 1 heterocycles. The Hall–Kier alpha value is -1.05. The predicted octanol–water partition coefficient (Wildman–Crippen LogP) is 4.74. The standard InChI is InChI=1S/C17H20Cl2N4.HI/c1-11-5-4-6-14(22-11)10-21-17(20-3)23-12(2)15-8-7-13(18)9-16(15)19;/h4-9,12H,10H2,1-3H3,(H2,20,21,23);1H. The molecule has 130 valence electrons. The minimum atomic E-state index is -0.00330. The number of rotatable bonds is 4. The number of aryl methyl sites for hydroxylation is 1. The number of aromatic nitrogens is 1. The first-order valence-corrected chi connectivity index (χ1v) is 8.10. The maximum absolute atomic E-state index is 6.25. The summed E-state index contributed by atoms with van der Waals surface area (Å²) in [4.78, 5) is 8.70. The minimum absolute atomic E-state index is 0. The van der Waals surface area contributed by atoms with Gasteiger partial charge in [0.25, 0.3) is 0 Å². The fourth-order valence-corrected chi connectivity index (χ4v) is 2.77. The van der Waals surface area contributed by atoms with Crippen LogP contribution in [0.2, 0.25) is 10.0 Å². The van der Waals surface area contributed by atoms with Gasteiger partial charge in [-0.05, 0) is 43.7 Å². The Balaban J connectivity index is 0.00000288.